The van der Waals surface area contributed by atoms with Gasteiger partial charge >= 0.3 is 0 Å². The van der Waals surface area contributed by atoms with Gasteiger partial charge in [-0.15, -0.1) is 0 Å². The molecule has 0 saturated carbocycles. The molecule has 0 saturated heterocycles. The van der Waals surface area contributed by atoms with Gasteiger partial charge in [-0.3, -0.25) is 4.98 Å². The molecule has 19 heavy (non-hydrogen) atoms. The number of nitrogens with two attached hydrogens (primary N) is 1. The molecule has 0 fully saturated rings. The van der Waals surface area contributed by atoms with Crippen molar-refractivity contribution < 1.29 is 0 Å². The van der Waals surface area contributed by atoms with Gasteiger partial charge in [0.15, 0.2) is 0 Å². The molecule has 0 aliphatic rings. The summed E-state index contributed by atoms with van der Waals surface area (Å²) in [6, 6.07) is 5.91. The lowest BCUT2D eigenvalue weighted by atomic mass is 10.2. The minimum atomic E-state index is 0.543. The Balaban J connectivity index is 2.32. The molecular weight excluding hydrogens is 238 g/mol. The van der Waals surface area contributed by atoms with E-state index >= 15 is 0 Å². The van der Waals surface area contributed by atoms with Crippen LogP contribution in [0.2, 0.25) is 0 Å². The minimum absolute atomic E-state index is 0.543. The van der Waals surface area contributed by atoms with Gasteiger partial charge in [-0.25, -0.2) is 9.97 Å². The van der Waals surface area contributed by atoms with Gasteiger partial charge in [-0.05, 0) is 32.9 Å². The first kappa shape index (κ1) is 13.3. The Bertz CT molecular complexity index is 553. The first-order chi connectivity index (χ1) is 9.11. The molecule has 2 N–H and O–H groups in total. The predicted octanol–water partition coefficient (Wildman–Crippen LogP) is 2.10. The van der Waals surface area contributed by atoms with Crippen molar-refractivity contribution in [2.45, 2.75) is 27.3 Å². The number of aromatic nitrogens is 3. The van der Waals surface area contributed by atoms with E-state index in [0.29, 0.717) is 18.2 Å². The number of hydrogen-bond donors (Lipinski definition) is 1. The topological polar surface area (TPSA) is 67.9 Å². The van der Waals surface area contributed by atoms with Gasteiger partial charge in [0, 0.05) is 18.3 Å². The van der Waals surface area contributed by atoms with Crippen LogP contribution in [0.3, 0.4) is 0 Å². The summed E-state index contributed by atoms with van der Waals surface area (Å²) in [5.74, 6) is 2.12. The molecule has 0 atom stereocenters. The molecule has 0 spiro atoms. The average molecular weight is 257 g/mol. The summed E-state index contributed by atoms with van der Waals surface area (Å²) in [5.41, 5.74) is 7.85. The number of nitrogens with zero attached hydrogens (tertiary/aromatic N) is 4. The number of aryl methyl sites for hydroxylation is 1. The average Bonchev–Trinajstić information content (AvgIpc) is 2.41. The van der Waals surface area contributed by atoms with Crippen molar-refractivity contribution >= 4 is 11.6 Å². The molecule has 100 valence electrons. The van der Waals surface area contributed by atoms with Crippen molar-refractivity contribution in [3.63, 3.8) is 0 Å². The lowest BCUT2D eigenvalue weighted by molar-refractivity contribution is 0.782. The maximum Gasteiger partial charge on any atom is 0.137 e. The van der Waals surface area contributed by atoms with Crippen molar-refractivity contribution in [3.05, 3.63) is 41.5 Å². The number of hydrogen-bond acceptors (Lipinski definition) is 5. The number of pyridine rings is 1. The van der Waals surface area contributed by atoms with E-state index in [0.717, 1.165) is 23.6 Å². The number of rotatable bonds is 4. The third kappa shape index (κ3) is 2.99. The standard InChI is InChI=1S/C14H19N5/c1-4-19(9-12-7-5-6-8-16-12)14-10(2)13(15)17-11(3)18-14/h5-8H,4,9H2,1-3H3,(H2,15,17,18). The maximum atomic E-state index is 5.91. The zero-order valence-corrected chi connectivity index (χ0v) is 11.6. The molecule has 2 rings (SSSR count). The third-order valence-corrected chi connectivity index (χ3v) is 3.03. The summed E-state index contributed by atoms with van der Waals surface area (Å²) in [7, 11) is 0. The normalized spacial score (nSPS) is 10.5. The van der Waals surface area contributed by atoms with Crippen LogP contribution in [0, 0.1) is 13.8 Å². The van der Waals surface area contributed by atoms with Crippen LogP contribution in [0.4, 0.5) is 11.6 Å². The smallest absolute Gasteiger partial charge is 0.137 e. The zero-order chi connectivity index (χ0) is 13.8. The summed E-state index contributed by atoms with van der Waals surface area (Å²) in [5, 5.41) is 0. The molecule has 0 amide bonds. The molecule has 0 aliphatic carbocycles. The quantitative estimate of drug-likeness (QED) is 0.908. The summed E-state index contributed by atoms with van der Waals surface area (Å²) in [4.78, 5) is 15.2. The van der Waals surface area contributed by atoms with Crippen molar-refractivity contribution in [3.8, 4) is 0 Å². The van der Waals surface area contributed by atoms with Gasteiger partial charge in [0.1, 0.15) is 17.5 Å². The first-order valence-electron chi connectivity index (χ1n) is 6.37. The molecule has 5 heteroatoms. The van der Waals surface area contributed by atoms with Gasteiger partial charge < -0.3 is 10.6 Å². The van der Waals surface area contributed by atoms with Gasteiger partial charge in [0.05, 0.1) is 12.2 Å². The first-order valence-corrected chi connectivity index (χ1v) is 6.37. The van der Waals surface area contributed by atoms with Crippen molar-refractivity contribution in [1.29, 1.82) is 0 Å². The van der Waals surface area contributed by atoms with Gasteiger partial charge in [0.2, 0.25) is 0 Å². The monoisotopic (exact) mass is 257 g/mol. The predicted molar refractivity (Wildman–Crippen MR) is 76.9 cm³/mol. The molecule has 0 bridgehead atoms. The highest BCUT2D eigenvalue weighted by atomic mass is 15.2. The van der Waals surface area contributed by atoms with Crippen molar-refractivity contribution in [2.75, 3.05) is 17.2 Å². The highest BCUT2D eigenvalue weighted by Gasteiger charge is 2.13. The van der Waals surface area contributed by atoms with Crippen molar-refractivity contribution in [2.24, 2.45) is 0 Å². The lowest BCUT2D eigenvalue weighted by Gasteiger charge is -2.24. The fourth-order valence-electron chi connectivity index (χ4n) is 1.97. The van der Waals surface area contributed by atoms with Crippen LogP contribution < -0.4 is 10.6 Å². The fraction of sp³-hybridized carbons (Fsp3) is 0.357. The largest absolute Gasteiger partial charge is 0.383 e. The van der Waals surface area contributed by atoms with Crippen molar-refractivity contribution in [1.82, 2.24) is 15.0 Å². The Labute approximate surface area is 113 Å². The van der Waals surface area contributed by atoms with Crippen LogP contribution in [0.25, 0.3) is 0 Å². The van der Waals surface area contributed by atoms with Crippen LogP contribution in [0.1, 0.15) is 24.0 Å². The molecule has 2 aromatic rings. The second-order valence-corrected chi connectivity index (χ2v) is 4.44. The van der Waals surface area contributed by atoms with Gasteiger partial charge in [-0.2, -0.15) is 0 Å². The highest BCUT2D eigenvalue weighted by Crippen LogP contribution is 2.22. The molecule has 0 radical (unpaired) electrons. The number of nitrogen functional groups attached to an aromatic ring is 1. The van der Waals surface area contributed by atoms with E-state index in [4.69, 9.17) is 5.73 Å². The summed E-state index contributed by atoms with van der Waals surface area (Å²) >= 11 is 0. The molecule has 0 aromatic carbocycles. The minimum Gasteiger partial charge on any atom is -0.383 e. The van der Waals surface area contributed by atoms with E-state index in [9.17, 15) is 0 Å². The molecule has 0 aliphatic heterocycles. The Morgan fingerprint density at radius 3 is 2.63 bits per heavy atom. The maximum absolute atomic E-state index is 5.91. The van der Waals surface area contributed by atoms with Crippen LogP contribution >= 0.6 is 0 Å². The number of anilines is 2. The molecule has 0 unspecified atom stereocenters. The second-order valence-electron chi connectivity index (χ2n) is 4.44. The molecule has 5 nitrogen and oxygen atoms in total. The van der Waals surface area contributed by atoms with E-state index in [1.165, 1.54) is 0 Å². The molecule has 2 aromatic heterocycles. The van der Waals surface area contributed by atoms with Crippen LogP contribution in [0.15, 0.2) is 24.4 Å². The summed E-state index contributed by atoms with van der Waals surface area (Å²) in [6.45, 7) is 7.45. The zero-order valence-electron chi connectivity index (χ0n) is 11.6. The van der Waals surface area contributed by atoms with E-state index in [1.54, 1.807) is 6.20 Å². The van der Waals surface area contributed by atoms with E-state index in [1.807, 2.05) is 32.0 Å². The fourth-order valence-corrected chi connectivity index (χ4v) is 1.97. The Kier molecular flexibility index (Phi) is 3.94. The Morgan fingerprint density at radius 1 is 1.21 bits per heavy atom. The lowest BCUT2D eigenvalue weighted by Crippen LogP contribution is -2.25. The van der Waals surface area contributed by atoms with Gasteiger partial charge in [0.25, 0.3) is 0 Å². The Morgan fingerprint density at radius 2 is 2.00 bits per heavy atom. The van der Waals surface area contributed by atoms with E-state index in [2.05, 4.69) is 26.8 Å². The summed E-state index contributed by atoms with van der Waals surface area (Å²) in [6.07, 6.45) is 1.80. The summed E-state index contributed by atoms with van der Waals surface area (Å²) < 4.78 is 0. The van der Waals surface area contributed by atoms with Crippen LogP contribution in [-0.2, 0) is 6.54 Å². The van der Waals surface area contributed by atoms with Gasteiger partial charge in [-0.1, -0.05) is 6.07 Å². The van der Waals surface area contributed by atoms with E-state index < -0.39 is 0 Å². The SMILES string of the molecule is CCN(Cc1ccccn1)c1nc(C)nc(N)c1C. The van der Waals surface area contributed by atoms with Crippen LogP contribution in [-0.4, -0.2) is 21.5 Å². The second kappa shape index (κ2) is 5.65. The third-order valence-electron chi connectivity index (χ3n) is 3.03. The van der Waals surface area contributed by atoms with E-state index in [-0.39, 0.29) is 0 Å². The molecule has 2 heterocycles. The highest BCUT2D eigenvalue weighted by molar-refractivity contribution is 5.56. The van der Waals surface area contributed by atoms with Crippen LogP contribution in [0.5, 0.6) is 0 Å². The molecular formula is C14H19N5. The Hall–Kier alpha value is -2.17.